The van der Waals surface area contributed by atoms with E-state index in [2.05, 4.69) is 31.9 Å². The Morgan fingerprint density at radius 3 is 2.68 bits per heavy atom. The van der Waals surface area contributed by atoms with Crippen LogP contribution in [0.4, 0.5) is 4.39 Å². The van der Waals surface area contributed by atoms with Gasteiger partial charge in [0.25, 0.3) is 0 Å². The molecule has 1 amide bonds. The summed E-state index contributed by atoms with van der Waals surface area (Å²) in [6, 6.07) is 12.4. The van der Waals surface area contributed by atoms with Crippen molar-refractivity contribution in [2.24, 2.45) is 0 Å². The highest BCUT2D eigenvalue weighted by atomic mass is 19.1. The maximum atomic E-state index is 13.2. The average molecular weight is 378 g/mol. The van der Waals surface area contributed by atoms with Gasteiger partial charge in [-0.1, -0.05) is 6.07 Å². The van der Waals surface area contributed by atoms with Crippen LogP contribution in [0.2, 0.25) is 0 Å². The van der Waals surface area contributed by atoms with Gasteiger partial charge in [0.1, 0.15) is 18.2 Å². The molecular formula is C20H19FN6O. The number of halogens is 1. The number of nitrogens with one attached hydrogen (secondary N) is 2. The van der Waals surface area contributed by atoms with Gasteiger partial charge in [-0.25, -0.2) is 9.07 Å². The second kappa shape index (κ2) is 7.22. The number of hydrogen-bond acceptors (Lipinski definition) is 4. The van der Waals surface area contributed by atoms with Gasteiger partial charge in [-0.05, 0) is 77.4 Å². The SMILES string of the molecule is Cc1c(-c2ccc(F)cc2)[nH]c2ccc(CNC(=O)Cn3nnnc3C)cc12. The van der Waals surface area contributed by atoms with E-state index in [0.717, 1.165) is 33.3 Å². The highest BCUT2D eigenvalue weighted by Crippen LogP contribution is 2.30. The first kappa shape index (κ1) is 17.8. The molecule has 0 unspecified atom stereocenters. The molecule has 8 heteroatoms. The highest BCUT2D eigenvalue weighted by molar-refractivity contribution is 5.91. The standard InChI is InChI=1S/C20H19FN6O/c1-12-17-9-14(10-22-19(28)11-27-13(2)24-25-26-27)3-8-18(17)23-20(12)15-4-6-16(21)7-5-15/h3-9,23H,10-11H2,1-2H3,(H,22,28). The van der Waals surface area contributed by atoms with Crippen LogP contribution in [0.15, 0.2) is 42.5 Å². The third-order valence-corrected chi connectivity index (χ3v) is 4.75. The van der Waals surface area contributed by atoms with Gasteiger partial charge in [-0.2, -0.15) is 0 Å². The summed E-state index contributed by atoms with van der Waals surface area (Å²) in [5.41, 5.74) is 4.96. The first-order chi connectivity index (χ1) is 13.5. The summed E-state index contributed by atoms with van der Waals surface area (Å²) in [6.07, 6.45) is 0. The lowest BCUT2D eigenvalue weighted by atomic mass is 10.1. The van der Waals surface area contributed by atoms with Crippen LogP contribution in [-0.4, -0.2) is 31.1 Å². The Bertz CT molecular complexity index is 1150. The number of rotatable bonds is 5. The maximum Gasteiger partial charge on any atom is 0.242 e. The van der Waals surface area contributed by atoms with Gasteiger partial charge >= 0.3 is 0 Å². The summed E-state index contributed by atoms with van der Waals surface area (Å²) in [6.45, 7) is 4.26. The highest BCUT2D eigenvalue weighted by Gasteiger charge is 2.11. The fraction of sp³-hybridized carbons (Fsp3) is 0.200. The maximum absolute atomic E-state index is 13.2. The largest absolute Gasteiger partial charge is 0.354 e. The molecule has 0 radical (unpaired) electrons. The molecule has 0 saturated heterocycles. The van der Waals surface area contributed by atoms with E-state index in [9.17, 15) is 9.18 Å². The van der Waals surface area contributed by atoms with E-state index < -0.39 is 0 Å². The van der Waals surface area contributed by atoms with E-state index >= 15 is 0 Å². The zero-order valence-electron chi connectivity index (χ0n) is 15.5. The van der Waals surface area contributed by atoms with Crippen molar-refractivity contribution in [3.63, 3.8) is 0 Å². The van der Waals surface area contributed by atoms with Crippen molar-refractivity contribution >= 4 is 16.8 Å². The molecule has 0 saturated carbocycles. The Morgan fingerprint density at radius 1 is 1.18 bits per heavy atom. The third-order valence-electron chi connectivity index (χ3n) is 4.75. The molecule has 7 nitrogen and oxygen atoms in total. The van der Waals surface area contributed by atoms with Gasteiger partial charge in [-0.15, -0.1) is 5.10 Å². The van der Waals surface area contributed by atoms with E-state index in [-0.39, 0.29) is 18.3 Å². The van der Waals surface area contributed by atoms with Crippen LogP contribution in [0.1, 0.15) is 17.0 Å². The Hall–Kier alpha value is -3.55. The normalized spacial score (nSPS) is 11.1. The van der Waals surface area contributed by atoms with Crippen molar-refractivity contribution in [1.29, 1.82) is 0 Å². The van der Waals surface area contributed by atoms with Crippen molar-refractivity contribution in [3.8, 4) is 11.3 Å². The molecule has 28 heavy (non-hydrogen) atoms. The number of hydrogen-bond donors (Lipinski definition) is 2. The predicted molar refractivity (Wildman–Crippen MR) is 103 cm³/mol. The minimum Gasteiger partial charge on any atom is -0.354 e. The summed E-state index contributed by atoms with van der Waals surface area (Å²) in [5, 5.41) is 15.0. The number of carbonyl (C=O) groups is 1. The van der Waals surface area contributed by atoms with Crippen molar-refractivity contribution in [2.75, 3.05) is 0 Å². The molecule has 2 N–H and O–H groups in total. The minimum atomic E-state index is -0.257. The monoisotopic (exact) mass is 378 g/mol. The van der Waals surface area contributed by atoms with E-state index in [4.69, 9.17) is 0 Å². The van der Waals surface area contributed by atoms with Crippen LogP contribution in [0, 0.1) is 19.7 Å². The number of nitrogens with zero attached hydrogens (tertiary/aromatic N) is 4. The number of tetrazole rings is 1. The minimum absolute atomic E-state index is 0.0823. The zero-order chi connectivity index (χ0) is 19.7. The molecule has 0 aliphatic rings. The molecule has 0 bridgehead atoms. The topological polar surface area (TPSA) is 88.5 Å². The number of benzene rings is 2. The van der Waals surface area contributed by atoms with E-state index in [0.29, 0.717) is 12.4 Å². The fourth-order valence-electron chi connectivity index (χ4n) is 3.18. The quantitative estimate of drug-likeness (QED) is 0.559. The molecule has 0 aliphatic carbocycles. The van der Waals surface area contributed by atoms with Crippen LogP contribution >= 0.6 is 0 Å². The summed E-state index contributed by atoms with van der Waals surface area (Å²) in [7, 11) is 0. The Kier molecular flexibility index (Phi) is 4.60. The first-order valence-corrected chi connectivity index (χ1v) is 8.88. The number of amides is 1. The van der Waals surface area contributed by atoms with Crippen LogP contribution < -0.4 is 5.32 Å². The number of aryl methyl sites for hydroxylation is 2. The summed E-state index contributed by atoms with van der Waals surface area (Å²) in [4.78, 5) is 15.5. The average Bonchev–Trinajstić information content (AvgIpc) is 3.24. The molecule has 2 aromatic heterocycles. The zero-order valence-corrected chi connectivity index (χ0v) is 15.5. The van der Waals surface area contributed by atoms with Crippen molar-refractivity contribution in [3.05, 3.63) is 65.2 Å². The number of carbonyl (C=O) groups excluding carboxylic acids is 1. The van der Waals surface area contributed by atoms with Gasteiger partial charge in [0.05, 0.1) is 0 Å². The number of aromatic nitrogens is 5. The number of fused-ring (bicyclic) bond motifs is 1. The Balaban J connectivity index is 1.51. The molecule has 2 heterocycles. The number of aromatic amines is 1. The predicted octanol–water partition coefficient (Wildman–Crippen LogP) is 2.89. The second-order valence-corrected chi connectivity index (χ2v) is 6.67. The van der Waals surface area contributed by atoms with Gasteiger partial charge in [0.15, 0.2) is 0 Å². The molecule has 0 aliphatic heterocycles. The van der Waals surface area contributed by atoms with Crippen molar-refractivity contribution < 1.29 is 9.18 Å². The molecular weight excluding hydrogens is 359 g/mol. The summed E-state index contributed by atoms with van der Waals surface area (Å²) >= 11 is 0. The van der Waals surface area contributed by atoms with Crippen LogP contribution in [-0.2, 0) is 17.9 Å². The van der Waals surface area contributed by atoms with Crippen LogP contribution in [0.25, 0.3) is 22.2 Å². The lowest BCUT2D eigenvalue weighted by Gasteiger charge is -2.06. The van der Waals surface area contributed by atoms with Crippen molar-refractivity contribution in [1.82, 2.24) is 30.5 Å². The Morgan fingerprint density at radius 2 is 1.96 bits per heavy atom. The molecule has 4 rings (SSSR count). The van der Waals surface area contributed by atoms with Crippen molar-refractivity contribution in [2.45, 2.75) is 26.9 Å². The summed E-state index contributed by atoms with van der Waals surface area (Å²) in [5.74, 6) is 0.175. The molecule has 2 aromatic carbocycles. The first-order valence-electron chi connectivity index (χ1n) is 8.88. The van der Waals surface area contributed by atoms with Gasteiger partial charge < -0.3 is 10.3 Å². The molecule has 0 atom stereocenters. The molecule has 0 fully saturated rings. The fourth-order valence-corrected chi connectivity index (χ4v) is 3.18. The smallest absolute Gasteiger partial charge is 0.242 e. The number of H-pyrrole nitrogens is 1. The second-order valence-electron chi connectivity index (χ2n) is 6.67. The van der Waals surface area contributed by atoms with Crippen LogP contribution in [0.5, 0.6) is 0 Å². The van der Waals surface area contributed by atoms with E-state index in [1.54, 1.807) is 19.1 Å². The van der Waals surface area contributed by atoms with E-state index in [1.165, 1.54) is 16.8 Å². The lowest BCUT2D eigenvalue weighted by molar-refractivity contribution is -0.122. The Labute approximate surface area is 160 Å². The van der Waals surface area contributed by atoms with Gasteiger partial charge in [0.2, 0.25) is 5.91 Å². The third kappa shape index (κ3) is 3.48. The van der Waals surface area contributed by atoms with Crippen LogP contribution in [0.3, 0.4) is 0 Å². The summed E-state index contributed by atoms with van der Waals surface area (Å²) < 4.78 is 14.6. The molecule has 4 aromatic rings. The molecule has 0 spiro atoms. The van der Waals surface area contributed by atoms with Gasteiger partial charge in [0, 0.05) is 23.1 Å². The van der Waals surface area contributed by atoms with E-state index in [1.807, 2.05) is 19.1 Å². The lowest BCUT2D eigenvalue weighted by Crippen LogP contribution is -2.28. The van der Waals surface area contributed by atoms with Gasteiger partial charge in [-0.3, -0.25) is 4.79 Å². The molecule has 142 valence electrons.